The van der Waals surface area contributed by atoms with Gasteiger partial charge in [-0.25, -0.2) is 0 Å². The quantitative estimate of drug-likeness (QED) is 0.852. The number of rotatable bonds is 3. The molecule has 2 aromatic carbocycles. The van der Waals surface area contributed by atoms with Crippen LogP contribution in [0.4, 0.5) is 11.4 Å². The molecule has 4 nitrogen and oxygen atoms in total. The van der Waals surface area contributed by atoms with Gasteiger partial charge in [-0.1, -0.05) is 38.1 Å². The van der Waals surface area contributed by atoms with Crippen molar-refractivity contribution in [1.29, 1.82) is 0 Å². The lowest BCUT2D eigenvalue weighted by Gasteiger charge is -2.36. The van der Waals surface area contributed by atoms with Crippen molar-refractivity contribution in [2.45, 2.75) is 38.6 Å². The van der Waals surface area contributed by atoms with Crippen molar-refractivity contribution in [1.82, 2.24) is 0 Å². The molecule has 0 aromatic heterocycles. The Morgan fingerprint density at radius 2 is 1.64 bits per heavy atom. The van der Waals surface area contributed by atoms with Crippen LogP contribution in [0.25, 0.3) is 0 Å². The molecule has 25 heavy (non-hydrogen) atoms. The maximum absolute atomic E-state index is 13.0. The van der Waals surface area contributed by atoms with E-state index in [1.165, 1.54) is 5.56 Å². The van der Waals surface area contributed by atoms with E-state index >= 15 is 0 Å². The van der Waals surface area contributed by atoms with Crippen molar-refractivity contribution in [3.63, 3.8) is 0 Å². The first kappa shape index (κ1) is 15.9. The zero-order valence-electron chi connectivity index (χ0n) is 14.6. The Morgan fingerprint density at radius 1 is 1.00 bits per heavy atom. The van der Waals surface area contributed by atoms with Crippen LogP contribution in [0.2, 0.25) is 0 Å². The first-order chi connectivity index (χ1) is 12.1. The zero-order chi connectivity index (χ0) is 17.6. The van der Waals surface area contributed by atoms with Crippen molar-refractivity contribution >= 4 is 23.2 Å². The molecule has 4 heteroatoms. The molecule has 2 aliphatic rings. The Morgan fingerprint density at radius 3 is 2.24 bits per heavy atom. The smallest absolute Gasteiger partial charge is 0.258 e. The minimum absolute atomic E-state index is 0.00773. The summed E-state index contributed by atoms with van der Waals surface area (Å²) in [6.07, 6.45) is 2.09. The van der Waals surface area contributed by atoms with Gasteiger partial charge in [0.1, 0.15) is 6.54 Å². The van der Waals surface area contributed by atoms with Gasteiger partial charge in [0.25, 0.3) is 5.91 Å². The van der Waals surface area contributed by atoms with E-state index in [1.54, 1.807) is 4.90 Å². The molecule has 1 aliphatic heterocycles. The van der Waals surface area contributed by atoms with E-state index in [4.69, 9.17) is 0 Å². The number of hydrogen-bond donors (Lipinski definition) is 0. The molecule has 0 bridgehead atoms. The summed E-state index contributed by atoms with van der Waals surface area (Å²) in [6, 6.07) is 15.7. The number of benzene rings is 2. The van der Waals surface area contributed by atoms with Crippen molar-refractivity contribution in [2.75, 3.05) is 16.3 Å². The predicted octanol–water partition coefficient (Wildman–Crippen LogP) is 3.97. The number of fused-ring (bicyclic) bond motifs is 1. The lowest BCUT2D eigenvalue weighted by Crippen LogP contribution is -2.49. The largest absolute Gasteiger partial charge is 0.306 e. The lowest BCUT2D eigenvalue weighted by atomic mass is 10.0. The van der Waals surface area contributed by atoms with Crippen LogP contribution in [0.5, 0.6) is 0 Å². The fourth-order valence-electron chi connectivity index (χ4n) is 3.41. The zero-order valence-corrected chi connectivity index (χ0v) is 14.6. The van der Waals surface area contributed by atoms with Crippen molar-refractivity contribution in [3.8, 4) is 0 Å². The maximum Gasteiger partial charge on any atom is 0.258 e. The van der Waals surface area contributed by atoms with Gasteiger partial charge in [-0.05, 0) is 48.6 Å². The van der Waals surface area contributed by atoms with Gasteiger partial charge in [-0.15, -0.1) is 0 Å². The van der Waals surface area contributed by atoms with E-state index in [9.17, 15) is 9.59 Å². The molecule has 0 radical (unpaired) electrons. The Kier molecular flexibility index (Phi) is 3.83. The van der Waals surface area contributed by atoms with Crippen molar-refractivity contribution in [3.05, 3.63) is 59.7 Å². The summed E-state index contributed by atoms with van der Waals surface area (Å²) in [5.74, 6) is 0.313. The van der Waals surface area contributed by atoms with E-state index in [-0.39, 0.29) is 18.4 Å². The van der Waals surface area contributed by atoms with Crippen LogP contribution < -0.4 is 9.80 Å². The van der Waals surface area contributed by atoms with Crippen LogP contribution in [0.15, 0.2) is 48.5 Å². The van der Waals surface area contributed by atoms with Crippen molar-refractivity contribution in [2.24, 2.45) is 0 Å². The summed E-state index contributed by atoms with van der Waals surface area (Å²) < 4.78 is 0. The average molecular weight is 334 g/mol. The summed E-state index contributed by atoms with van der Waals surface area (Å²) in [5.41, 5.74) is 3.50. The van der Waals surface area contributed by atoms with Gasteiger partial charge in [0.15, 0.2) is 0 Å². The Bertz CT molecular complexity index is 822. The van der Waals surface area contributed by atoms with E-state index in [1.807, 2.05) is 53.4 Å². The topological polar surface area (TPSA) is 40.6 Å². The first-order valence-electron chi connectivity index (χ1n) is 8.89. The predicted molar refractivity (Wildman–Crippen MR) is 99.2 cm³/mol. The Hall–Kier alpha value is -2.62. The van der Waals surface area contributed by atoms with E-state index in [0.29, 0.717) is 17.5 Å². The molecule has 1 aliphatic carbocycles. The summed E-state index contributed by atoms with van der Waals surface area (Å²) in [7, 11) is 0. The van der Waals surface area contributed by atoms with Crippen LogP contribution in [0.1, 0.15) is 48.5 Å². The number of para-hydroxylation sites is 2. The highest BCUT2D eigenvalue weighted by Gasteiger charge is 2.40. The fraction of sp³-hybridized carbons (Fsp3) is 0.333. The molecule has 1 heterocycles. The number of nitrogens with zero attached hydrogens (tertiary/aromatic N) is 2. The number of carbonyl (C=O) groups is 2. The lowest BCUT2D eigenvalue weighted by molar-refractivity contribution is -0.117. The number of anilines is 2. The van der Waals surface area contributed by atoms with Crippen LogP contribution >= 0.6 is 0 Å². The van der Waals surface area contributed by atoms with Gasteiger partial charge in [0.05, 0.1) is 11.4 Å². The molecular weight excluding hydrogens is 312 g/mol. The average Bonchev–Trinajstić information content (AvgIpc) is 3.45. The van der Waals surface area contributed by atoms with Crippen LogP contribution in [-0.2, 0) is 4.79 Å². The molecular formula is C21H22N2O2. The molecule has 128 valence electrons. The number of hydrogen-bond acceptors (Lipinski definition) is 2. The SMILES string of the molecule is CC(C)c1ccc(C(=O)N2CC(=O)N(C3CC3)c3ccccc32)cc1. The van der Waals surface area contributed by atoms with E-state index in [2.05, 4.69) is 13.8 Å². The van der Waals surface area contributed by atoms with Gasteiger partial charge in [-0.3, -0.25) is 14.5 Å². The van der Waals surface area contributed by atoms with Gasteiger partial charge in [0, 0.05) is 11.6 Å². The Labute approximate surface area is 148 Å². The molecule has 0 saturated heterocycles. The fourth-order valence-corrected chi connectivity index (χ4v) is 3.41. The van der Waals surface area contributed by atoms with Crippen LogP contribution in [0.3, 0.4) is 0 Å². The second-order valence-electron chi connectivity index (χ2n) is 7.15. The van der Waals surface area contributed by atoms with Gasteiger partial charge >= 0.3 is 0 Å². The minimum atomic E-state index is -0.119. The standard InChI is InChI=1S/C21H22N2O2/c1-14(2)15-7-9-16(10-8-15)21(25)22-13-20(24)23(17-11-12-17)19-6-4-3-5-18(19)22/h3-10,14,17H,11-13H2,1-2H3. The highest BCUT2D eigenvalue weighted by Crippen LogP contribution is 2.40. The summed E-state index contributed by atoms with van der Waals surface area (Å²) in [4.78, 5) is 29.2. The second-order valence-corrected chi connectivity index (χ2v) is 7.15. The number of amides is 2. The number of carbonyl (C=O) groups excluding carboxylic acids is 2. The summed E-state index contributed by atoms with van der Waals surface area (Å²) in [6.45, 7) is 4.37. The Balaban J connectivity index is 1.68. The minimum Gasteiger partial charge on any atom is -0.306 e. The van der Waals surface area contributed by atoms with Crippen LogP contribution in [0, 0.1) is 0 Å². The van der Waals surface area contributed by atoms with Crippen LogP contribution in [-0.4, -0.2) is 24.4 Å². The van der Waals surface area contributed by atoms with Crippen molar-refractivity contribution < 1.29 is 9.59 Å². The third-order valence-corrected chi connectivity index (χ3v) is 4.98. The summed E-state index contributed by atoms with van der Waals surface area (Å²) >= 11 is 0. The van der Waals surface area contributed by atoms with E-state index in [0.717, 1.165) is 24.2 Å². The molecule has 0 N–H and O–H groups in total. The highest BCUT2D eigenvalue weighted by molar-refractivity contribution is 6.16. The summed E-state index contributed by atoms with van der Waals surface area (Å²) in [5, 5.41) is 0. The molecule has 2 aromatic rings. The van der Waals surface area contributed by atoms with E-state index < -0.39 is 0 Å². The molecule has 0 atom stereocenters. The van der Waals surface area contributed by atoms with Gasteiger partial charge < -0.3 is 4.90 Å². The molecule has 0 unspecified atom stereocenters. The normalized spacial score (nSPS) is 17.0. The van der Waals surface area contributed by atoms with Gasteiger partial charge in [0.2, 0.25) is 5.91 Å². The molecule has 2 amide bonds. The third kappa shape index (κ3) is 2.82. The monoisotopic (exact) mass is 334 g/mol. The van der Waals surface area contributed by atoms with Gasteiger partial charge in [-0.2, -0.15) is 0 Å². The first-order valence-corrected chi connectivity index (χ1v) is 8.89. The molecule has 1 saturated carbocycles. The maximum atomic E-state index is 13.0. The third-order valence-electron chi connectivity index (χ3n) is 4.98. The highest BCUT2D eigenvalue weighted by atomic mass is 16.2. The molecule has 0 spiro atoms. The second kappa shape index (κ2) is 6.03. The molecule has 4 rings (SSSR count). The molecule has 1 fully saturated rings.